The van der Waals surface area contributed by atoms with Gasteiger partial charge in [-0.2, -0.15) is 0 Å². The molecular formula is C12H18O4. The second kappa shape index (κ2) is 5.68. The summed E-state index contributed by atoms with van der Waals surface area (Å²) in [5.74, 6) is -0.860. The predicted octanol–water partition coefficient (Wildman–Crippen LogP) is 2.14. The van der Waals surface area contributed by atoms with Crippen LogP contribution in [-0.2, 0) is 14.3 Å². The summed E-state index contributed by atoms with van der Waals surface area (Å²) in [6.07, 6.45) is 3.32. The summed E-state index contributed by atoms with van der Waals surface area (Å²) in [5.41, 5.74) is 0.410. The van der Waals surface area contributed by atoms with Crippen LogP contribution in [0.15, 0.2) is 12.2 Å². The molecule has 0 aromatic heterocycles. The van der Waals surface area contributed by atoms with E-state index in [2.05, 4.69) is 6.58 Å². The highest BCUT2D eigenvalue weighted by molar-refractivity contribution is 5.87. The van der Waals surface area contributed by atoms with Gasteiger partial charge in [0.05, 0.1) is 0 Å². The van der Waals surface area contributed by atoms with E-state index in [0.717, 1.165) is 25.7 Å². The molecule has 0 bridgehead atoms. The zero-order valence-electron chi connectivity index (χ0n) is 9.57. The Morgan fingerprint density at radius 3 is 2.31 bits per heavy atom. The number of carboxylic acids is 1. The fourth-order valence-electron chi connectivity index (χ4n) is 1.95. The number of ether oxygens (including phenoxy) is 1. The lowest BCUT2D eigenvalue weighted by molar-refractivity contribution is -0.147. The summed E-state index contributed by atoms with van der Waals surface area (Å²) >= 11 is 0. The van der Waals surface area contributed by atoms with E-state index in [4.69, 9.17) is 9.84 Å². The van der Waals surface area contributed by atoms with Gasteiger partial charge in [-0.25, -0.2) is 4.79 Å². The second-order valence-corrected chi connectivity index (χ2v) is 4.43. The van der Waals surface area contributed by atoms with Crippen molar-refractivity contribution in [1.29, 1.82) is 0 Å². The van der Waals surface area contributed by atoms with E-state index >= 15 is 0 Å². The third-order valence-corrected chi connectivity index (χ3v) is 2.88. The minimum Gasteiger partial charge on any atom is -0.481 e. The molecule has 0 heterocycles. The van der Waals surface area contributed by atoms with Crippen molar-refractivity contribution in [2.24, 2.45) is 5.92 Å². The molecule has 1 N–H and O–H groups in total. The van der Waals surface area contributed by atoms with Crippen LogP contribution >= 0.6 is 0 Å². The fourth-order valence-corrected chi connectivity index (χ4v) is 1.95. The van der Waals surface area contributed by atoms with Crippen LogP contribution in [0.1, 0.15) is 39.0 Å². The largest absolute Gasteiger partial charge is 0.481 e. The number of esters is 1. The Morgan fingerprint density at radius 2 is 1.88 bits per heavy atom. The van der Waals surface area contributed by atoms with E-state index in [1.54, 1.807) is 6.92 Å². The molecule has 0 spiro atoms. The van der Waals surface area contributed by atoms with Gasteiger partial charge in [0, 0.05) is 12.0 Å². The van der Waals surface area contributed by atoms with Crippen LogP contribution in [0, 0.1) is 5.92 Å². The highest BCUT2D eigenvalue weighted by Gasteiger charge is 2.25. The van der Waals surface area contributed by atoms with Crippen molar-refractivity contribution in [1.82, 2.24) is 0 Å². The van der Waals surface area contributed by atoms with Gasteiger partial charge in [0.1, 0.15) is 6.10 Å². The molecule has 4 nitrogen and oxygen atoms in total. The molecule has 0 saturated heterocycles. The van der Waals surface area contributed by atoms with Crippen LogP contribution in [0.2, 0.25) is 0 Å². The maximum Gasteiger partial charge on any atom is 0.333 e. The average molecular weight is 226 g/mol. The first-order valence-electron chi connectivity index (χ1n) is 5.57. The number of carbonyl (C=O) groups excluding carboxylic acids is 1. The van der Waals surface area contributed by atoms with Crippen LogP contribution in [-0.4, -0.2) is 23.1 Å². The van der Waals surface area contributed by atoms with Gasteiger partial charge in [-0.1, -0.05) is 6.58 Å². The number of hydrogen-bond acceptors (Lipinski definition) is 3. The fraction of sp³-hybridized carbons (Fsp3) is 0.667. The van der Waals surface area contributed by atoms with E-state index in [1.165, 1.54) is 0 Å². The third kappa shape index (κ3) is 4.04. The third-order valence-electron chi connectivity index (χ3n) is 2.88. The van der Waals surface area contributed by atoms with Gasteiger partial charge in [0.2, 0.25) is 0 Å². The van der Waals surface area contributed by atoms with Gasteiger partial charge < -0.3 is 9.84 Å². The Morgan fingerprint density at radius 1 is 1.31 bits per heavy atom. The molecule has 1 aliphatic rings. The van der Waals surface area contributed by atoms with Crippen molar-refractivity contribution in [2.75, 3.05) is 0 Å². The Kier molecular flexibility index (Phi) is 4.52. The zero-order chi connectivity index (χ0) is 12.1. The number of carbonyl (C=O) groups is 2. The zero-order valence-corrected chi connectivity index (χ0v) is 9.57. The molecule has 0 aromatic rings. The van der Waals surface area contributed by atoms with Crippen molar-refractivity contribution >= 4 is 11.9 Å². The second-order valence-electron chi connectivity index (χ2n) is 4.43. The molecular weight excluding hydrogens is 208 g/mol. The number of aliphatic carboxylic acids is 1. The normalized spacial score (nSPS) is 24.8. The van der Waals surface area contributed by atoms with Crippen molar-refractivity contribution < 1.29 is 19.4 Å². The van der Waals surface area contributed by atoms with Crippen molar-refractivity contribution in [3.05, 3.63) is 12.2 Å². The number of carboxylic acid groups (broad SMARTS) is 1. The van der Waals surface area contributed by atoms with Crippen LogP contribution in [0.3, 0.4) is 0 Å². The average Bonchev–Trinajstić information content (AvgIpc) is 2.20. The summed E-state index contributed by atoms with van der Waals surface area (Å²) in [7, 11) is 0. The van der Waals surface area contributed by atoms with Crippen molar-refractivity contribution in [2.45, 2.75) is 45.1 Å². The molecule has 16 heavy (non-hydrogen) atoms. The van der Waals surface area contributed by atoms with E-state index in [1.807, 2.05) is 0 Å². The minimum absolute atomic E-state index is 0.0609. The molecule has 1 aliphatic carbocycles. The molecule has 1 rings (SSSR count). The monoisotopic (exact) mass is 226 g/mol. The maximum atomic E-state index is 11.3. The Bertz CT molecular complexity index is 287. The molecule has 0 aliphatic heterocycles. The van der Waals surface area contributed by atoms with Gasteiger partial charge in [-0.3, -0.25) is 4.79 Å². The highest BCUT2D eigenvalue weighted by Crippen LogP contribution is 2.28. The van der Waals surface area contributed by atoms with E-state index in [0.29, 0.717) is 5.57 Å². The SMILES string of the molecule is C=C(C)C(=O)OC1CCC(CC(=O)O)CC1. The first-order valence-corrected chi connectivity index (χ1v) is 5.57. The lowest BCUT2D eigenvalue weighted by Crippen LogP contribution is -2.25. The maximum absolute atomic E-state index is 11.3. The molecule has 1 saturated carbocycles. The summed E-state index contributed by atoms with van der Waals surface area (Å²) in [6.45, 7) is 5.15. The standard InChI is InChI=1S/C12H18O4/c1-8(2)12(15)16-10-5-3-9(4-6-10)7-11(13)14/h9-10H,1,3-7H2,2H3,(H,13,14). The van der Waals surface area contributed by atoms with Crippen LogP contribution in [0.5, 0.6) is 0 Å². The first kappa shape index (κ1) is 12.7. The first-order chi connectivity index (χ1) is 7.49. The van der Waals surface area contributed by atoms with Gasteiger partial charge >= 0.3 is 11.9 Å². The molecule has 0 aromatic carbocycles. The quantitative estimate of drug-likeness (QED) is 0.589. The minimum atomic E-state index is -0.748. The van der Waals surface area contributed by atoms with E-state index < -0.39 is 5.97 Å². The topological polar surface area (TPSA) is 63.6 Å². The summed E-state index contributed by atoms with van der Waals surface area (Å²) in [5, 5.41) is 8.65. The summed E-state index contributed by atoms with van der Waals surface area (Å²) in [4.78, 5) is 21.8. The summed E-state index contributed by atoms with van der Waals surface area (Å²) in [6, 6.07) is 0. The summed E-state index contributed by atoms with van der Waals surface area (Å²) < 4.78 is 5.22. The molecule has 0 radical (unpaired) electrons. The highest BCUT2D eigenvalue weighted by atomic mass is 16.5. The van der Waals surface area contributed by atoms with Crippen LogP contribution < -0.4 is 0 Å². The lowest BCUT2D eigenvalue weighted by atomic mass is 9.85. The van der Waals surface area contributed by atoms with Crippen molar-refractivity contribution in [3.63, 3.8) is 0 Å². The molecule has 0 atom stereocenters. The van der Waals surface area contributed by atoms with Crippen LogP contribution in [0.4, 0.5) is 0 Å². The molecule has 4 heteroatoms. The molecule has 0 unspecified atom stereocenters. The number of rotatable bonds is 4. The Balaban J connectivity index is 2.29. The van der Waals surface area contributed by atoms with Crippen molar-refractivity contribution in [3.8, 4) is 0 Å². The van der Waals surface area contributed by atoms with Gasteiger partial charge in [-0.15, -0.1) is 0 Å². The Labute approximate surface area is 95.3 Å². The lowest BCUT2D eigenvalue weighted by Gasteiger charge is -2.27. The molecule has 0 amide bonds. The smallest absolute Gasteiger partial charge is 0.333 e. The van der Waals surface area contributed by atoms with Crippen LogP contribution in [0.25, 0.3) is 0 Å². The molecule has 90 valence electrons. The van der Waals surface area contributed by atoms with E-state index in [9.17, 15) is 9.59 Å². The van der Waals surface area contributed by atoms with Gasteiger partial charge in [0.15, 0.2) is 0 Å². The Hall–Kier alpha value is -1.32. The van der Waals surface area contributed by atoms with Gasteiger partial charge in [0.25, 0.3) is 0 Å². The number of hydrogen-bond donors (Lipinski definition) is 1. The van der Waals surface area contributed by atoms with E-state index in [-0.39, 0.29) is 24.4 Å². The predicted molar refractivity (Wildman–Crippen MR) is 58.9 cm³/mol. The van der Waals surface area contributed by atoms with Gasteiger partial charge in [-0.05, 0) is 38.5 Å². The molecule has 1 fully saturated rings.